The van der Waals surface area contributed by atoms with Crippen molar-refractivity contribution in [1.82, 2.24) is 4.98 Å². The highest BCUT2D eigenvalue weighted by atomic mass is 79.9. The molecular weight excluding hydrogens is 246 g/mol. The van der Waals surface area contributed by atoms with Crippen LogP contribution in [0.4, 0.5) is 14.5 Å². The Hall–Kier alpha value is -0.750. The zero-order valence-electron chi connectivity index (χ0n) is 6.47. The van der Waals surface area contributed by atoms with Gasteiger partial charge < -0.3 is 10.8 Å². The van der Waals surface area contributed by atoms with Crippen molar-refractivity contribution >= 4 is 21.6 Å². The highest BCUT2D eigenvalue weighted by Gasteiger charge is 2.18. The number of rotatable bonds is 2. The van der Waals surface area contributed by atoms with Crippen molar-refractivity contribution in [1.29, 1.82) is 0 Å². The molecule has 0 atom stereocenters. The van der Waals surface area contributed by atoms with E-state index in [0.717, 1.165) is 6.20 Å². The van der Waals surface area contributed by atoms with Crippen LogP contribution in [0.2, 0.25) is 0 Å². The van der Waals surface area contributed by atoms with Gasteiger partial charge in [0.1, 0.15) is 0 Å². The fraction of sp³-hybridized carbons (Fsp3) is 0.286. The van der Waals surface area contributed by atoms with Crippen LogP contribution in [0.15, 0.2) is 10.7 Å². The van der Waals surface area contributed by atoms with Crippen molar-refractivity contribution in [3.8, 4) is 0 Å². The molecule has 3 nitrogen and oxygen atoms in total. The van der Waals surface area contributed by atoms with Crippen LogP contribution in [0.3, 0.4) is 0 Å². The summed E-state index contributed by atoms with van der Waals surface area (Å²) < 4.78 is 24.8. The first-order valence-electron chi connectivity index (χ1n) is 3.39. The lowest BCUT2D eigenvalue weighted by molar-refractivity contribution is 0.151. The van der Waals surface area contributed by atoms with Crippen LogP contribution >= 0.6 is 15.9 Å². The SMILES string of the molecule is Nc1cnc(CO)c(Br)c1C(F)F. The molecule has 0 aliphatic heterocycles. The molecule has 13 heavy (non-hydrogen) atoms. The minimum absolute atomic E-state index is 0.0741. The molecule has 1 rings (SSSR count). The number of aliphatic hydroxyl groups is 1. The number of nitrogen functional groups attached to an aromatic ring is 1. The van der Waals surface area contributed by atoms with Gasteiger partial charge in [-0.1, -0.05) is 0 Å². The molecule has 0 radical (unpaired) electrons. The normalized spacial score (nSPS) is 10.8. The molecule has 0 unspecified atom stereocenters. The number of alkyl halides is 2. The Balaban J connectivity index is 3.30. The third-order valence-electron chi connectivity index (χ3n) is 1.53. The van der Waals surface area contributed by atoms with Crippen molar-refractivity contribution in [3.63, 3.8) is 0 Å². The number of anilines is 1. The highest BCUT2D eigenvalue weighted by Crippen LogP contribution is 2.33. The van der Waals surface area contributed by atoms with E-state index in [1.807, 2.05) is 0 Å². The zero-order chi connectivity index (χ0) is 10.0. The summed E-state index contributed by atoms with van der Waals surface area (Å²) in [7, 11) is 0. The van der Waals surface area contributed by atoms with Gasteiger partial charge in [-0.05, 0) is 15.9 Å². The predicted molar refractivity (Wildman–Crippen MR) is 47.2 cm³/mol. The number of hydrogen-bond acceptors (Lipinski definition) is 3. The van der Waals surface area contributed by atoms with Gasteiger partial charge in [-0.2, -0.15) is 0 Å². The Labute approximate surface area is 81.7 Å². The second-order valence-electron chi connectivity index (χ2n) is 2.35. The molecule has 0 spiro atoms. The predicted octanol–water partition coefficient (Wildman–Crippen LogP) is 1.86. The first-order valence-corrected chi connectivity index (χ1v) is 4.19. The van der Waals surface area contributed by atoms with Gasteiger partial charge in [-0.15, -0.1) is 0 Å². The summed E-state index contributed by atoms with van der Waals surface area (Å²) in [5.41, 5.74) is 5.04. The Kier molecular flexibility index (Phi) is 3.16. The monoisotopic (exact) mass is 252 g/mol. The third-order valence-corrected chi connectivity index (χ3v) is 2.41. The Bertz CT molecular complexity index is 320. The second-order valence-corrected chi connectivity index (χ2v) is 3.14. The van der Waals surface area contributed by atoms with E-state index in [4.69, 9.17) is 10.8 Å². The molecule has 6 heteroatoms. The van der Waals surface area contributed by atoms with E-state index in [2.05, 4.69) is 20.9 Å². The van der Waals surface area contributed by atoms with Crippen LogP contribution in [-0.2, 0) is 6.61 Å². The minimum atomic E-state index is -2.68. The summed E-state index contributed by atoms with van der Waals surface area (Å²) in [5.74, 6) is 0. The van der Waals surface area contributed by atoms with E-state index in [0.29, 0.717) is 0 Å². The van der Waals surface area contributed by atoms with Crippen LogP contribution in [0.25, 0.3) is 0 Å². The third kappa shape index (κ3) is 1.94. The Morgan fingerprint density at radius 2 is 2.23 bits per heavy atom. The van der Waals surface area contributed by atoms with Crippen molar-refractivity contribution < 1.29 is 13.9 Å². The minimum Gasteiger partial charge on any atom is -0.397 e. The van der Waals surface area contributed by atoms with Gasteiger partial charge in [0.15, 0.2) is 0 Å². The molecule has 0 bridgehead atoms. The molecule has 0 saturated carbocycles. The van der Waals surface area contributed by atoms with Crippen LogP contribution in [0, 0.1) is 0 Å². The molecule has 0 fully saturated rings. The first kappa shape index (κ1) is 10.3. The van der Waals surface area contributed by atoms with E-state index >= 15 is 0 Å². The Morgan fingerprint density at radius 1 is 1.62 bits per heavy atom. The summed E-state index contributed by atoms with van der Waals surface area (Å²) in [4.78, 5) is 3.68. The number of hydrogen-bond donors (Lipinski definition) is 2. The number of pyridine rings is 1. The number of aromatic nitrogens is 1. The lowest BCUT2D eigenvalue weighted by Gasteiger charge is -2.09. The maximum atomic E-state index is 12.4. The standard InChI is InChI=1S/C7H7BrF2N2O/c8-6-4(2-13)12-1-3(11)5(6)7(9)10/h1,7,13H,2,11H2. The average molecular weight is 253 g/mol. The Morgan fingerprint density at radius 3 is 2.69 bits per heavy atom. The molecule has 0 aliphatic carbocycles. The van der Waals surface area contributed by atoms with Gasteiger partial charge in [-0.25, -0.2) is 8.78 Å². The molecule has 1 heterocycles. The molecule has 72 valence electrons. The number of nitrogens with zero attached hydrogens (tertiary/aromatic N) is 1. The highest BCUT2D eigenvalue weighted by molar-refractivity contribution is 9.10. The molecular formula is C7H7BrF2N2O. The van der Waals surface area contributed by atoms with Gasteiger partial charge in [0.05, 0.1) is 34.2 Å². The quantitative estimate of drug-likeness (QED) is 0.845. The molecule has 0 amide bonds. The fourth-order valence-electron chi connectivity index (χ4n) is 0.888. The van der Waals surface area contributed by atoms with Gasteiger partial charge in [0, 0.05) is 0 Å². The second kappa shape index (κ2) is 3.97. The maximum Gasteiger partial charge on any atom is 0.267 e. The molecule has 0 aromatic carbocycles. The molecule has 1 aromatic heterocycles. The van der Waals surface area contributed by atoms with E-state index in [9.17, 15) is 8.78 Å². The number of aliphatic hydroxyl groups excluding tert-OH is 1. The number of nitrogens with two attached hydrogens (primary N) is 1. The van der Waals surface area contributed by atoms with Crippen molar-refractivity contribution in [2.24, 2.45) is 0 Å². The van der Waals surface area contributed by atoms with Crippen molar-refractivity contribution in [2.45, 2.75) is 13.0 Å². The van der Waals surface area contributed by atoms with Crippen molar-refractivity contribution in [3.05, 3.63) is 21.9 Å². The van der Waals surface area contributed by atoms with Crippen LogP contribution in [0.5, 0.6) is 0 Å². The van der Waals surface area contributed by atoms with Gasteiger partial charge >= 0.3 is 0 Å². The van der Waals surface area contributed by atoms with Gasteiger partial charge in [0.2, 0.25) is 0 Å². The van der Waals surface area contributed by atoms with E-state index in [-0.39, 0.29) is 21.4 Å². The summed E-state index contributed by atoms with van der Waals surface area (Å²) in [6.45, 7) is -0.402. The van der Waals surface area contributed by atoms with Crippen LogP contribution < -0.4 is 5.73 Å². The van der Waals surface area contributed by atoms with Gasteiger partial charge in [0.25, 0.3) is 6.43 Å². The largest absolute Gasteiger partial charge is 0.397 e. The van der Waals surface area contributed by atoms with Crippen LogP contribution in [0.1, 0.15) is 17.7 Å². The fourth-order valence-corrected chi connectivity index (χ4v) is 1.52. The first-order chi connectivity index (χ1) is 6.07. The lowest BCUT2D eigenvalue weighted by Crippen LogP contribution is -2.02. The van der Waals surface area contributed by atoms with E-state index in [1.165, 1.54) is 0 Å². The van der Waals surface area contributed by atoms with Crippen LogP contribution in [-0.4, -0.2) is 10.1 Å². The molecule has 0 saturated heterocycles. The topological polar surface area (TPSA) is 59.1 Å². The summed E-state index contributed by atoms with van der Waals surface area (Å²) >= 11 is 2.91. The summed E-state index contributed by atoms with van der Waals surface area (Å²) in [5, 5.41) is 8.74. The maximum absolute atomic E-state index is 12.4. The average Bonchev–Trinajstić information content (AvgIpc) is 2.04. The number of halogens is 3. The lowest BCUT2D eigenvalue weighted by atomic mass is 10.2. The van der Waals surface area contributed by atoms with Gasteiger partial charge in [-0.3, -0.25) is 4.98 Å². The van der Waals surface area contributed by atoms with E-state index in [1.54, 1.807) is 0 Å². The zero-order valence-corrected chi connectivity index (χ0v) is 8.05. The van der Waals surface area contributed by atoms with Crippen molar-refractivity contribution in [2.75, 3.05) is 5.73 Å². The molecule has 1 aromatic rings. The molecule has 3 N–H and O–H groups in total. The summed E-state index contributed by atoms with van der Waals surface area (Å²) in [6.07, 6.45) is -1.57. The smallest absolute Gasteiger partial charge is 0.267 e. The molecule has 0 aliphatic rings. The van der Waals surface area contributed by atoms with E-state index < -0.39 is 13.0 Å². The summed E-state index contributed by atoms with van der Waals surface area (Å²) in [6, 6.07) is 0.